The zero-order valence-electron chi connectivity index (χ0n) is 13.4. The predicted molar refractivity (Wildman–Crippen MR) is 79.0 cm³/mol. The second kappa shape index (κ2) is 10.5. The first-order valence-electron chi connectivity index (χ1n) is 7.70. The van der Waals surface area contributed by atoms with Gasteiger partial charge in [0.2, 0.25) is 0 Å². The second-order valence-electron chi connectivity index (χ2n) is 5.96. The van der Waals surface area contributed by atoms with Crippen LogP contribution in [0.1, 0.15) is 46.0 Å². The summed E-state index contributed by atoms with van der Waals surface area (Å²) in [6.45, 7) is 4.22. The van der Waals surface area contributed by atoms with Crippen molar-refractivity contribution in [2.45, 2.75) is 64.1 Å². The van der Waals surface area contributed by atoms with Gasteiger partial charge in [-0.1, -0.05) is 45.4 Å². The van der Waals surface area contributed by atoms with Crippen LogP contribution in [0.2, 0.25) is 0 Å². The molecule has 5 unspecified atom stereocenters. The van der Waals surface area contributed by atoms with Gasteiger partial charge in [0.15, 0.2) is 0 Å². The molecule has 0 saturated heterocycles. The smallest absolute Gasteiger partial charge is 0.311 e. The number of ether oxygens (including phenoxy) is 1. The van der Waals surface area contributed by atoms with Crippen LogP contribution in [0.3, 0.4) is 0 Å². The third-order valence-electron chi connectivity index (χ3n) is 4.57. The average Bonchev–Trinajstić information content (AvgIpc) is 2.72. The largest absolute Gasteiger partial charge is 0.674 e. The molecule has 4 N–H and O–H groups in total. The molecule has 0 spiro atoms. The van der Waals surface area contributed by atoms with Crippen LogP contribution in [0.5, 0.6) is 0 Å². The summed E-state index contributed by atoms with van der Waals surface area (Å²) in [4.78, 5) is 11.7. The maximum absolute atomic E-state index is 11.7. The molecule has 121 valence electrons. The molecule has 6 heteroatoms. The first-order chi connectivity index (χ1) is 9.47. The Morgan fingerprint density at radius 3 is 2.33 bits per heavy atom. The number of esters is 1. The molecule has 0 amide bonds. The number of methoxy groups -OCH3 is 1. The van der Waals surface area contributed by atoms with E-state index < -0.39 is 24.0 Å². The van der Waals surface area contributed by atoms with Crippen LogP contribution < -0.4 is 5.73 Å². The van der Waals surface area contributed by atoms with Crippen LogP contribution in [0.25, 0.3) is 5.73 Å². The Morgan fingerprint density at radius 2 is 1.90 bits per heavy atom. The standard InChI is InChI=1S/C15H29N2O3.Ac/c1-4-6-9(7-5-2)13(17)12-11(16)8-10(14(12)18)15(19)20-3;/h9-14,17-18H,4-8,16H2,1-3H3;/q-1;. The monoisotopic (exact) mass is 512 g/mol. The number of rotatable bonds is 7. The Labute approximate surface area is 164 Å². The topological polar surface area (TPSA) is 96.4 Å². The molecule has 1 rings (SSSR count). The summed E-state index contributed by atoms with van der Waals surface area (Å²) in [6.07, 6.45) is 3.56. The van der Waals surface area contributed by atoms with E-state index >= 15 is 0 Å². The molecular weight excluding hydrogens is 483 g/mol. The Hall–Kier alpha value is 0.792. The Morgan fingerprint density at radius 1 is 1.38 bits per heavy atom. The molecule has 0 aromatic carbocycles. The number of hydrogen-bond donors (Lipinski definition) is 2. The van der Waals surface area contributed by atoms with E-state index in [1.807, 2.05) is 0 Å². The summed E-state index contributed by atoms with van der Waals surface area (Å²) < 4.78 is 4.72. The Kier molecular flexibility index (Phi) is 10.9. The summed E-state index contributed by atoms with van der Waals surface area (Å²) in [5, 5.41) is 10.4. The molecule has 0 heterocycles. The molecule has 21 heavy (non-hydrogen) atoms. The van der Waals surface area contributed by atoms with Gasteiger partial charge < -0.3 is 21.3 Å². The van der Waals surface area contributed by atoms with Crippen LogP contribution in [0.15, 0.2) is 0 Å². The van der Waals surface area contributed by atoms with Gasteiger partial charge in [-0.3, -0.25) is 4.79 Å². The molecule has 0 aliphatic heterocycles. The SMILES string of the molecule is CCCC(CCC)C([NH-])C1C(N)CC(C(=O)OC)C1O.[Ac]. The second-order valence-corrected chi connectivity index (χ2v) is 5.96. The van der Waals surface area contributed by atoms with Crippen molar-refractivity contribution in [3.05, 3.63) is 5.73 Å². The van der Waals surface area contributed by atoms with Gasteiger partial charge in [0, 0.05) is 50.1 Å². The van der Waals surface area contributed by atoms with Gasteiger partial charge in [-0.15, -0.1) is 6.04 Å². The predicted octanol–water partition coefficient (Wildman–Crippen LogP) is 2.12. The van der Waals surface area contributed by atoms with Crippen LogP contribution in [-0.4, -0.2) is 36.4 Å². The Balaban J connectivity index is 0.00000400. The number of carbonyl (C=O) groups excluding carboxylic acids is 1. The van der Waals surface area contributed by atoms with Crippen molar-refractivity contribution >= 4 is 5.97 Å². The number of carbonyl (C=O) groups is 1. The van der Waals surface area contributed by atoms with E-state index in [0.717, 1.165) is 25.7 Å². The van der Waals surface area contributed by atoms with Crippen molar-refractivity contribution in [1.29, 1.82) is 0 Å². The summed E-state index contributed by atoms with van der Waals surface area (Å²) in [7, 11) is 1.32. The zero-order valence-corrected chi connectivity index (χ0v) is 18.2. The van der Waals surface area contributed by atoms with Crippen LogP contribution >= 0.6 is 0 Å². The molecule has 0 aromatic rings. The van der Waals surface area contributed by atoms with Gasteiger partial charge >= 0.3 is 5.97 Å². The number of aliphatic hydroxyl groups is 1. The van der Waals surface area contributed by atoms with E-state index in [9.17, 15) is 9.90 Å². The molecule has 1 saturated carbocycles. The third-order valence-corrected chi connectivity index (χ3v) is 4.57. The minimum absolute atomic E-state index is 0. The van der Waals surface area contributed by atoms with E-state index in [-0.39, 0.29) is 61.9 Å². The van der Waals surface area contributed by atoms with Gasteiger partial charge in [0.25, 0.3) is 0 Å². The number of aliphatic hydroxyl groups excluding tert-OH is 1. The van der Waals surface area contributed by atoms with Crippen LogP contribution in [0, 0.1) is 61.8 Å². The van der Waals surface area contributed by atoms with E-state index in [1.54, 1.807) is 0 Å². The first-order valence-corrected chi connectivity index (χ1v) is 7.70. The molecule has 5 nitrogen and oxygen atoms in total. The Bertz CT molecular complexity index is 311. The molecule has 1 radical (unpaired) electrons. The maximum atomic E-state index is 11.7. The minimum atomic E-state index is -0.851. The van der Waals surface area contributed by atoms with Crippen LogP contribution in [0.4, 0.5) is 0 Å². The molecule has 1 aliphatic rings. The fourth-order valence-corrected chi connectivity index (χ4v) is 3.54. The summed E-state index contributed by atoms with van der Waals surface area (Å²) >= 11 is 0. The number of nitrogens with two attached hydrogens (primary N) is 1. The quantitative estimate of drug-likeness (QED) is 0.511. The maximum Gasteiger partial charge on any atom is 0.311 e. The molecule has 0 aromatic heterocycles. The zero-order chi connectivity index (χ0) is 15.3. The van der Waals surface area contributed by atoms with Crippen molar-refractivity contribution in [3.63, 3.8) is 0 Å². The van der Waals surface area contributed by atoms with Crippen LogP contribution in [-0.2, 0) is 9.53 Å². The fraction of sp³-hybridized carbons (Fsp3) is 0.933. The van der Waals surface area contributed by atoms with Crippen molar-refractivity contribution in [2.75, 3.05) is 7.11 Å². The van der Waals surface area contributed by atoms with Gasteiger partial charge in [0.1, 0.15) is 0 Å². The van der Waals surface area contributed by atoms with Gasteiger partial charge in [-0.2, -0.15) is 0 Å². The van der Waals surface area contributed by atoms with Gasteiger partial charge in [0.05, 0.1) is 19.1 Å². The summed E-state index contributed by atoms with van der Waals surface area (Å²) in [5.41, 5.74) is 14.6. The molecular formula is C15H29AcN2O3-. The van der Waals surface area contributed by atoms with Crippen molar-refractivity contribution < 1.29 is 58.7 Å². The van der Waals surface area contributed by atoms with Crippen molar-refractivity contribution in [3.8, 4) is 0 Å². The normalized spacial score (nSPS) is 30.0. The van der Waals surface area contributed by atoms with Crippen molar-refractivity contribution in [1.82, 2.24) is 0 Å². The molecule has 1 fully saturated rings. The van der Waals surface area contributed by atoms with E-state index in [0.29, 0.717) is 6.42 Å². The third kappa shape index (κ3) is 5.42. The summed E-state index contributed by atoms with van der Waals surface area (Å²) in [5.74, 6) is -1.07. The number of hydrogen-bond acceptors (Lipinski definition) is 4. The van der Waals surface area contributed by atoms with Gasteiger partial charge in [-0.25, -0.2) is 0 Å². The van der Waals surface area contributed by atoms with E-state index in [1.165, 1.54) is 7.11 Å². The van der Waals surface area contributed by atoms with E-state index in [4.69, 9.17) is 16.2 Å². The first kappa shape index (κ1) is 21.8. The number of nitrogens with one attached hydrogen (secondary N) is 1. The summed E-state index contributed by atoms with van der Waals surface area (Å²) in [6, 6.07) is -0.706. The van der Waals surface area contributed by atoms with Gasteiger partial charge in [-0.05, 0) is 12.3 Å². The average molecular weight is 512 g/mol. The van der Waals surface area contributed by atoms with E-state index in [2.05, 4.69) is 13.8 Å². The fourth-order valence-electron chi connectivity index (χ4n) is 3.54. The van der Waals surface area contributed by atoms with Crippen molar-refractivity contribution in [2.24, 2.45) is 23.5 Å². The molecule has 1 aliphatic carbocycles. The molecule has 0 bridgehead atoms. The minimum Gasteiger partial charge on any atom is -0.674 e. The molecule has 5 atom stereocenters.